The van der Waals surface area contributed by atoms with Crippen LogP contribution in [0.1, 0.15) is 53.1 Å². The number of carbonyl (C=O) groups excluding carboxylic acids is 2. The zero-order chi connectivity index (χ0) is 26.4. The average molecular weight is 506 g/mol. The third-order valence-electron chi connectivity index (χ3n) is 7.31. The summed E-state index contributed by atoms with van der Waals surface area (Å²) in [4.78, 5) is 30.3. The summed E-state index contributed by atoms with van der Waals surface area (Å²) in [6.45, 7) is 1.14. The van der Waals surface area contributed by atoms with Gasteiger partial charge in [-0.15, -0.1) is 0 Å². The highest BCUT2D eigenvalue weighted by Crippen LogP contribution is 2.29. The van der Waals surface area contributed by atoms with Crippen molar-refractivity contribution >= 4 is 11.8 Å². The number of benzene rings is 2. The van der Waals surface area contributed by atoms with Gasteiger partial charge < -0.3 is 24.0 Å². The summed E-state index contributed by atoms with van der Waals surface area (Å²) in [6, 6.07) is 16.8. The number of ether oxygens (including phenoxy) is 3. The maximum atomic E-state index is 13.6. The molecule has 0 N–H and O–H groups in total. The van der Waals surface area contributed by atoms with Gasteiger partial charge in [-0.1, -0.05) is 30.3 Å². The van der Waals surface area contributed by atoms with Crippen LogP contribution in [0.2, 0.25) is 0 Å². The van der Waals surface area contributed by atoms with Crippen LogP contribution in [0.3, 0.4) is 0 Å². The van der Waals surface area contributed by atoms with Crippen LogP contribution in [0.25, 0.3) is 0 Å². The lowest BCUT2D eigenvalue weighted by atomic mass is 9.93. The number of likely N-dealkylation sites (N-methyl/N-ethyl adjacent to an activating group) is 2. The number of hydrogen-bond donors (Lipinski definition) is 0. The minimum absolute atomic E-state index is 0.0159. The molecule has 1 fully saturated rings. The van der Waals surface area contributed by atoms with Crippen LogP contribution >= 0.6 is 0 Å². The number of fused-ring (bicyclic) bond motifs is 3. The normalized spacial score (nSPS) is 25.7. The van der Waals surface area contributed by atoms with Gasteiger partial charge in [0, 0.05) is 53.1 Å². The highest BCUT2D eigenvalue weighted by Gasteiger charge is 2.34. The molecular formula is C29H35N3O5. The molecule has 2 amide bonds. The lowest BCUT2D eigenvalue weighted by Crippen LogP contribution is -2.48. The number of carbonyl (C=O) groups is 2. The predicted molar refractivity (Wildman–Crippen MR) is 138 cm³/mol. The van der Waals surface area contributed by atoms with Crippen LogP contribution in [0.15, 0.2) is 48.5 Å². The molecule has 1 saturated heterocycles. The number of amides is 2. The van der Waals surface area contributed by atoms with Crippen molar-refractivity contribution in [3.8, 4) is 11.8 Å². The van der Waals surface area contributed by atoms with Crippen molar-refractivity contribution in [3.63, 3.8) is 0 Å². The van der Waals surface area contributed by atoms with Crippen LogP contribution in [0, 0.1) is 11.3 Å². The first-order chi connectivity index (χ1) is 17.9. The Morgan fingerprint density at radius 1 is 1.00 bits per heavy atom. The fourth-order valence-electron chi connectivity index (χ4n) is 5.14. The van der Waals surface area contributed by atoms with Crippen molar-refractivity contribution in [2.24, 2.45) is 0 Å². The quantitative estimate of drug-likeness (QED) is 0.619. The minimum Gasteiger partial charge on any atom is -0.493 e. The van der Waals surface area contributed by atoms with Crippen LogP contribution in [0.4, 0.5) is 0 Å². The zero-order valence-corrected chi connectivity index (χ0v) is 21.8. The van der Waals surface area contributed by atoms with Gasteiger partial charge in [-0.2, -0.15) is 5.26 Å². The topological polar surface area (TPSA) is 92.1 Å². The summed E-state index contributed by atoms with van der Waals surface area (Å²) in [5.41, 5.74) is 1.71. The molecule has 8 nitrogen and oxygen atoms in total. The number of rotatable bonds is 2. The van der Waals surface area contributed by atoms with Gasteiger partial charge in [-0.3, -0.25) is 9.59 Å². The molecule has 0 spiro atoms. The predicted octanol–water partition coefficient (Wildman–Crippen LogP) is 3.61. The first-order valence-corrected chi connectivity index (χ1v) is 12.8. The lowest BCUT2D eigenvalue weighted by Gasteiger charge is -2.38. The molecule has 0 aromatic heterocycles. The highest BCUT2D eigenvalue weighted by molar-refractivity contribution is 5.97. The molecule has 2 aliphatic heterocycles. The summed E-state index contributed by atoms with van der Waals surface area (Å²) in [6.07, 6.45) is 2.21. The van der Waals surface area contributed by atoms with E-state index in [-0.39, 0.29) is 42.5 Å². The van der Waals surface area contributed by atoms with Crippen molar-refractivity contribution in [1.82, 2.24) is 9.80 Å². The molecule has 2 bridgehead atoms. The Hall–Kier alpha value is -3.41. The molecule has 0 saturated carbocycles. The molecule has 4 atom stereocenters. The molecule has 37 heavy (non-hydrogen) atoms. The second-order valence-corrected chi connectivity index (χ2v) is 9.88. The standard InChI is InChI=1S/C29H35N3O5/c1-31-19-27-26(35-3)12-10-23(37-27)13-14-36-25-11-9-20(17-30)15-24(25)29(34)32(2)18-22(16-28(31)33)21-7-5-4-6-8-21/h4-9,11,15,22-23,26-27H,10,12-14,16,18-19H2,1-3H3/t22-,23-,26-,27-/m1/s1. The first-order valence-electron chi connectivity index (χ1n) is 12.8. The minimum atomic E-state index is -0.252. The molecular weight excluding hydrogens is 470 g/mol. The number of hydrogen-bond acceptors (Lipinski definition) is 6. The summed E-state index contributed by atoms with van der Waals surface area (Å²) in [7, 11) is 5.20. The Bertz CT molecular complexity index is 1130. The largest absolute Gasteiger partial charge is 0.493 e. The second-order valence-electron chi connectivity index (χ2n) is 9.88. The van der Waals surface area contributed by atoms with Crippen LogP contribution in [0.5, 0.6) is 5.75 Å². The molecule has 2 aliphatic rings. The van der Waals surface area contributed by atoms with Gasteiger partial charge >= 0.3 is 0 Å². The summed E-state index contributed by atoms with van der Waals surface area (Å²) >= 11 is 0. The molecule has 2 aromatic rings. The van der Waals surface area contributed by atoms with E-state index in [0.29, 0.717) is 43.0 Å². The number of nitriles is 1. The van der Waals surface area contributed by atoms with Gasteiger partial charge in [-0.05, 0) is 36.6 Å². The highest BCUT2D eigenvalue weighted by atomic mass is 16.5. The molecule has 0 radical (unpaired) electrons. The van der Waals surface area contributed by atoms with E-state index in [1.54, 1.807) is 49.2 Å². The van der Waals surface area contributed by atoms with E-state index in [1.807, 2.05) is 30.3 Å². The summed E-state index contributed by atoms with van der Waals surface area (Å²) < 4.78 is 18.1. The monoisotopic (exact) mass is 505 g/mol. The maximum Gasteiger partial charge on any atom is 0.257 e. The van der Waals surface area contributed by atoms with Gasteiger partial charge in [-0.25, -0.2) is 0 Å². The van der Waals surface area contributed by atoms with E-state index in [9.17, 15) is 14.9 Å². The fourth-order valence-corrected chi connectivity index (χ4v) is 5.14. The number of methoxy groups -OCH3 is 1. The Balaban J connectivity index is 1.68. The molecule has 196 valence electrons. The van der Waals surface area contributed by atoms with Crippen molar-refractivity contribution in [2.75, 3.05) is 40.9 Å². The van der Waals surface area contributed by atoms with Crippen LogP contribution in [-0.2, 0) is 14.3 Å². The Labute approximate surface area is 218 Å². The van der Waals surface area contributed by atoms with Crippen molar-refractivity contribution in [1.29, 1.82) is 5.26 Å². The third kappa shape index (κ3) is 6.48. The van der Waals surface area contributed by atoms with Gasteiger partial charge in [0.15, 0.2) is 0 Å². The van der Waals surface area contributed by atoms with Gasteiger partial charge in [0.1, 0.15) is 11.9 Å². The average Bonchev–Trinajstić information content (AvgIpc) is 2.92. The van der Waals surface area contributed by atoms with Crippen molar-refractivity contribution in [3.05, 3.63) is 65.2 Å². The third-order valence-corrected chi connectivity index (χ3v) is 7.31. The van der Waals surface area contributed by atoms with Gasteiger partial charge in [0.05, 0.1) is 36.0 Å². The second kappa shape index (κ2) is 12.2. The van der Waals surface area contributed by atoms with E-state index in [0.717, 1.165) is 18.4 Å². The van der Waals surface area contributed by atoms with Crippen LogP contribution < -0.4 is 4.74 Å². The molecule has 2 aromatic carbocycles. The molecule has 8 heteroatoms. The van der Waals surface area contributed by atoms with E-state index in [1.165, 1.54) is 0 Å². The van der Waals surface area contributed by atoms with Crippen molar-refractivity contribution in [2.45, 2.75) is 49.9 Å². The SMILES string of the molecule is CO[C@@H]1CC[C@@H]2CCOc3ccc(C#N)cc3C(=O)N(C)C[C@H](c3ccccc3)CC(=O)N(C)C[C@H]1O2. The molecule has 2 heterocycles. The summed E-state index contributed by atoms with van der Waals surface area (Å²) in [5.74, 6) is -0.0346. The van der Waals surface area contributed by atoms with Crippen LogP contribution in [-0.4, -0.2) is 80.8 Å². The Kier molecular flexibility index (Phi) is 8.80. The smallest absolute Gasteiger partial charge is 0.257 e. The zero-order valence-electron chi connectivity index (χ0n) is 21.8. The summed E-state index contributed by atoms with van der Waals surface area (Å²) in [5, 5.41) is 9.43. The Morgan fingerprint density at radius 2 is 1.78 bits per heavy atom. The van der Waals surface area contributed by atoms with E-state index in [2.05, 4.69) is 6.07 Å². The van der Waals surface area contributed by atoms with E-state index in [4.69, 9.17) is 14.2 Å². The maximum absolute atomic E-state index is 13.6. The molecule has 0 unspecified atom stereocenters. The molecule has 4 rings (SSSR count). The van der Waals surface area contributed by atoms with Gasteiger partial charge in [0.25, 0.3) is 5.91 Å². The molecule has 0 aliphatic carbocycles. The lowest BCUT2D eigenvalue weighted by molar-refractivity contribution is -0.150. The van der Waals surface area contributed by atoms with E-state index < -0.39 is 0 Å². The fraction of sp³-hybridized carbons (Fsp3) is 0.483. The number of nitrogens with zero attached hydrogens (tertiary/aromatic N) is 3. The first kappa shape index (κ1) is 26.6. The Morgan fingerprint density at radius 3 is 2.51 bits per heavy atom. The van der Waals surface area contributed by atoms with E-state index >= 15 is 0 Å². The van der Waals surface area contributed by atoms with Crippen molar-refractivity contribution < 1.29 is 23.8 Å². The van der Waals surface area contributed by atoms with Gasteiger partial charge in [0.2, 0.25) is 5.91 Å².